The van der Waals surface area contributed by atoms with E-state index in [1.165, 1.54) is 23.5 Å². The Morgan fingerprint density at radius 2 is 1.44 bits per heavy atom. The van der Waals surface area contributed by atoms with Gasteiger partial charge in [-0.15, -0.1) is 11.3 Å². The van der Waals surface area contributed by atoms with Crippen LogP contribution < -0.4 is 5.09 Å². The summed E-state index contributed by atoms with van der Waals surface area (Å²) in [5.41, 5.74) is 2.79. The minimum absolute atomic E-state index is 0.0110. The Morgan fingerprint density at radius 3 is 2.03 bits per heavy atom. The van der Waals surface area contributed by atoms with Crippen molar-refractivity contribution in [2.45, 2.75) is 0 Å². The number of nitrogens with zero attached hydrogens (tertiary/aromatic N) is 2. The highest BCUT2D eigenvalue weighted by atomic mass is 32.1. The van der Waals surface area contributed by atoms with Crippen LogP contribution in [0.5, 0.6) is 0 Å². The van der Waals surface area contributed by atoms with Gasteiger partial charge in [-0.1, -0.05) is 72.8 Å². The molecule has 0 saturated carbocycles. The molecule has 34 heavy (non-hydrogen) atoms. The van der Waals surface area contributed by atoms with E-state index in [0.29, 0.717) is 27.9 Å². The maximum Gasteiger partial charge on any atom is 0.270 e. The summed E-state index contributed by atoms with van der Waals surface area (Å²) in [5.74, 6) is 4.19. The minimum atomic E-state index is -3.24. The predicted molar refractivity (Wildman–Crippen MR) is 135 cm³/mol. The van der Waals surface area contributed by atoms with E-state index in [-0.39, 0.29) is 5.69 Å². The highest BCUT2D eigenvalue weighted by Crippen LogP contribution is 2.56. The lowest BCUT2D eigenvalue weighted by Gasteiger charge is -2.23. The van der Waals surface area contributed by atoms with Crippen LogP contribution in [0.4, 0.5) is 10.8 Å². The summed E-state index contributed by atoms with van der Waals surface area (Å²) in [6.45, 7) is 0. The topological polar surface area (TPSA) is 94.4 Å². The fraction of sp³-hybridized carbons (Fsp3) is 0. The van der Waals surface area contributed by atoms with Gasteiger partial charge in [0.05, 0.1) is 10.6 Å². The molecule has 0 radical (unpaired) electrons. The Bertz CT molecular complexity index is 1410. The van der Waals surface area contributed by atoms with Gasteiger partial charge in [-0.3, -0.25) is 14.7 Å². The zero-order chi connectivity index (χ0) is 23.5. The number of hydrogen-bond donors (Lipinski definition) is 1. The van der Waals surface area contributed by atoms with Crippen molar-refractivity contribution in [3.63, 3.8) is 0 Å². The third-order valence-electron chi connectivity index (χ3n) is 5.08. The first-order valence-electron chi connectivity index (χ1n) is 10.3. The first-order chi connectivity index (χ1) is 16.5. The second kappa shape index (κ2) is 9.09. The smallest absolute Gasteiger partial charge is 0.270 e. The molecule has 9 heteroatoms. The van der Waals surface area contributed by atoms with Gasteiger partial charge < -0.3 is 9.82 Å². The van der Waals surface area contributed by atoms with E-state index in [1.54, 1.807) is 29.1 Å². The standard InChI is InChI=1S/C25H18N3O4PS/c29-28(30)21-13-7-12-20(14-21)22-17-34-25(26-22)27-33(31)15-23(18-8-3-1-4-9-18)32-24(16-33)19-10-5-2-6-11-19/h1-17H,(H,26,27,31). The Kier molecular flexibility index (Phi) is 5.84. The average Bonchev–Trinajstić information content (AvgIpc) is 3.32. The number of non-ortho nitro benzene ring substituents is 1. The van der Waals surface area contributed by atoms with Crippen molar-refractivity contribution in [2.75, 3.05) is 5.09 Å². The van der Waals surface area contributed by atoms with E-state index in [1.807, 2.05) is 60.7 Å². The van der Waals surface area contributed by atoms with Crippen LogP contribution in [0.1, 0.15) is 11.1 Å². The number of nitro benzene ring substituents is 1. The van der Waals surface area contributed by atoms with Gasteiger partial charge in [-0.05, 0) is 0 Å². The van der Waals surface area contributed by atoms with Crippen molar-refractivity contribution < 1.29 is 14.2 Å². The maximum atomic E-state index is 14.0. The Balaban J connectivity index is 1.50. The number of ether oxygens (including phenoxy) is 1. The number of aromatic nitrogens is 1. The number of nitrogens with one attached hydrogen (secondary N) is 1. The maximum absolute atomic E-state index is 14.0. The van der Waals surface area contributed by atoms with Crippen LogP contribution >= 0.6 is 18.6 Å². The fourth-order valence-electron chi connectivity index (χ4n) is 3.48. The summed E-state index contributed by atoms with van der Waals surface area (Å²) in [4.78, 5) is 15.2. The summed E-state index contributed by atoms with van der Waals surface area (Å²) in [5, 5.41) is 16.4. The second-order valence-electron chi connectivity index (χ2n) is 7.49. The zero-order valence-corrected chi connectivity index (χ0v) is 19.4. The van der Waals surface area contributed by atoms with Gasteiger partial charge in [0.25, 0.3) is 5.69 Å². The number of hydrogen-bond acceptors (Lipinski definition) is 6. The normalized spacial score (nSPS) is 14.5. The van der Waals surface area contributed by atoms with E-state index >= 15 is 0 Å². The third-order valence-corrected chi connectivity index (χ3v) is 7.79. The highest BCUT2D eigenvalue weighted by Gasteiger charge is 2.28. The van der Waals surface area contributed by atoms with E-state index in [2.05, 4.69) is 10.1 Å². The van der Waals surface area contributed by atoms with E-state index in [9.17, 15) is 14.7 Å². The Hall–Kier alpha value is -4.00. The van der Waals surface area contributed by atoms with E-state index in [0.717, 1.165) is 11.1 Å². The molecule has 0 atom stereocenters. The largest absolute Gasteiger partial charge is 0.456 e. The van der Waals surface area contributed by atoms with Gasteiger partial charge in [0.2, 0.25) is 7.29 Å². The first kappa shape index (κ1) is 21.8. The van der Waals surface area contributed by atoms with Crippen LogP contribution in [-0.2, 0) is 9.30 Å². The van der Waals surface area contributed by atoms with Gasteiger partial charge in [0.15, 0.2) is 5.13 Å². The average molecular weight is 487 g/mol. The van der Waals surface area contributed by atoms with Crippen molar-refractivity contribution in [1.82, 2.24) is 4.98 Å². The monoisotopic (exact) mass is 487 g/mol. The van der Waals surface area contributed by atoms with Crippen LogP contribution in [0.25, 0.3) is 22.8 Å². The number of benzene rings is 3. The molecule has 7 nitrogen and oxygen atoms in total. The summed E-state index contributed by atoms with van der Waals surface area (Å²) in [6.07, 6.45) is 0. The van der Waals surface area contributed by atoms with E-state index in [4.69, 9.17) is 4.74 Å². The quantitative estimate of drug-likeness (QED) is 0.173. The highest BCUT2D eigenvalue weighted by molar-refractivity contribution is 7.72. The van der Waals surface area contributed by atoms with Gasteiger partial charge in [-0.2, -0.15) is 0 Å². The van der Waals surface area contributed by atoms with Crippen molar-refractivity contribution in [2.24, 2.45) is 0 Å². The van der Waals surface area contributed by atoms with Crippen LogP contribution in [0.15, 0.2) is 102 Å². The molecule has 4 aromatic rings. The lowest BCUT2D eigenvalue weighted by atomic mass is 10.1. The molecule has 0 spiro atoms. The number of nitro groups is 1. The lowest BCUT2D eigenvalue weighted by molar-refractivity contribution is -0.384. The molecule has 0 saturated heterocycles. The summed E-state index contributed by atoms with van der Waals surface area (Å²) in [7, 11) is -3.24. The van der Waals surface area contributed by atoms with Crippen LogP contribution in [0, 0.1) is 10.1 Å². The molecule has 1 aliphatic heterocycles. The number of thiazole rings is 1. The number of anilines is 1. The molecule has 3 aromatic carbocycles. The molecular weight excluding hydrogens is 469 g/mol. The van der Waals surface area contributed by atoms with Crippen molar-refractivity contribution in [3.05, 3.63) is 123 Å². The minimum Gasteiger partial charge on any atom is -0.456 e. The summed E-state index contributed by atoms with van der Waals surface area (Å²) < 4.78 is 20.1. The predicted octanol–water partition coefficient (Wildman–Crippen LogP) is 7.44. The Morgan fingerprint density at radius 1 is 0.853 bits per heavy atom. The molecule has 0 amide bonds. The molecule has 0 aliphatic carbocycles. The number of rotatable bonds is 6. The fourth-order valence-corrected chi connectivity index (χ4v) is 6.33. The molecular formula is C25H18N3O4PS. The first-order valence-corrected chi connectivity index (χ1v) is 13.0. The molecule has 1 N–H and O–H groups in total. The molecule has 0 fully saturated rings. The molecule has 1 aromatic heterocycles. The van der Waals surface area contributed by atoms with Gasteiger partial charge in [-0.25, -0.2) is 4.98 Å². The van der Waals surface area contributed by atoms with Gasteiger partial charge in [0.1, 0.15) is 11.5 Å². The van der Waals surface area contributed by atoms with E-state index < -0.39 is 12.2 Å². The van der Waals surface area contributed by atoms with Crippen LogP contribution in [-0.4, -0.2) is 9.91 Å². The SMILES string of the molecule is O=[N+]([O-])c1cccc(-c2csc(NP3(=O)C=C(c4ccccc4)OC(c4ccccc4)=C3)n2)c1. The van der Waals surface area contributed by atoms with Crippen LogP contribution in [0.2, 0.25) is 0 Å². The van der Waals surface area contributed by atoms with Crippen LogP contribution in [0.3, 0.4) is 0 Å². The molecule has 5 rings (SSSR count). The second-order valence-corrected chi connectivity index (χ2v) is 10.5. The molecule has 168 valence electrons. The molecule has 1 aliphatic rings. The van der Waals surface area contributed by atoms with Crippen molar-refractivity contribution in [1.29, 1.82) is 0 Å². The summed E-state index contributed by atoms with van der Waals surface area (Å²) >= 11 is 1.28. The molecule has 0 bridgehead atoms. The Labute approximate surface area is 199 Å². The van der Waals surface area contributed by atoms with Crippen molar-refractivity contribution in [3.8, 4) is 11.3 Å². The lowest BCUT2D eigenvalue weighted by Crippen LogP contribution is -2.03. The van der Waals surface area contributed by atoms with Gasteiger partial charge in [0, 0.05) is 45.8 Å². The molecule has 2 heterocycles. The molecule has 0 unspecified atom stereocenters. The zero-order valence-electron chi connectivity index (χ0n) is 17.7. The summed E-state index contributed by atoms with van der Waals surface area (Å²) in [6, 6.07) is 25.2. The third kappa shape index (κ3) is 4.69. The van der Waals surface area contributed by atoms with Crippen molar-refractivity contribution >= 4 is 41.0 Å². The van der Waals surface area contributed by atoms with Gasteiger partial charge >= 0.3 is 0 Å².